The van der Waals surface area contributed by atoms with E-state index in [2.05, 4.69) is 22.2 Å². The summed E-state index contributed by atoms with van der Waals surface area (Å²) in [6.45, 7) is 6.63. The van der Waals surface area contributed by atoms with Crippen LogP contribution in [0.25, 0.3) is 0 Å². The molecule has 1 saturated heterocycles. The van der Waals surface area contributed by atoms with E-state index in [1.807, 2.05) is 18.7 Å². The van der Waals surface area contributed by atoms with Crippen molar-refractivity contribution in [2.75, 3.05) is 30.8 Å². The second-order valence-electron chi connectivity index (χ2n) is 4.71. The van der Waals surface area contributed by atoms with Gasteiger partial charge in [-0.05, 0) is 25.5 Å². The van der Waals surface area contributed by atoms with Crippen molar-refractivity contribution in [1.82, 2.24) is 9.97 Å². The number of nitrogens with zero attached hydrogens (tertiary/aromatic N) is 2. The highest BCUT2D eigenvalue weighted by atomic mass is 35.5. The number of ether oxygens (including phenoxy) is 1. The van der Waals surface area contributed by atoms with Gasteiger partial charge in [0.15, 0.2) is 0 Å². The molecule has 6 heteroatoms. The Balaban J connectivity index is 2.01. The number of nitrogens with one attached hydrogen (secondary N) is 1. The van der Waals surface area contributed by atoms with Gasteiger partial charge in [0.1, 0.15) is 16.8 Å². The maximum Gasteiger partial charge on any atom is 0.134 e. The lowest BCUT2D eigenvalue weighted by molar-refractivity contribution is 0.0801. The van der Waals surface area contributed by atoms with E-state index in [1.165, 1.54) is 0 Å². The Bertz CT molecular complexity index is 399. The van der Waals surface area contributed by atoms with E-state index < -0.39 is 0 Å². The maximum atomic E-state index is 5.95. The number of rotatable bonds is 5. The van der Waals surface area contributed by atoms with Crippen LogP contribution in [-0.2, 0) is 4.74 Å². The number of hydrogen-bond donors (Lipinski definition) is 1. The highest BCUT2D eigenvalue weighted by Gasteiger charge is 2.32. The zero-order valence-electron chi connectivity index (χ0n) is 11.4. The highest BCUT2D eigenvalue weighted by Crippen LogP contribution is 2.35. The fourth-order valence-electron chi connectivity index (χ4n) is 2.30. The Hall–Kier alpha value is -0.520. The van der Waals surface area contributed by atoms with Crippen LogP contribution >= 0.6 is 23.4 Å². The molecule has 1 aliphatic rings. The third kappa shape index (κ3) is 4.23. The zero-order chi connectivity index (χ0) is 13.7. The number of hydrogen-bond acceptors (Lipinski definition) is 5. The van der Waals surface area contributed by atoms with Crippen molar-refractivity contribution in [2.24, 2.45) is 0 Å². The van der Waals surface area contributed by atoms with E-state index in [0.29, 0.717) is 11.0 Å². The van der Waals surface area contributed by atoms with Crippen LogP contribution in [0.2, 0.25) is 5.15 Å². The lowest BCUT2D eigenvalue weighted by Crippen LogP contribution is -2.40. The van der Waals surface area contributed by atoms with Crippen molar-refractivity contribution in [1.29, 1.82) is 0 Å². The molecular formula is C13H20ClN3OS. The van der Waals surface area contributed by atoms with Crippen LogP contribution in [0.4, 0.5) is 5.82 Å². The van der Waals surface area contributed by atoms with Gasteiger partial charge in [0.2, 0.25) is 0 Å². The topological polar surface area (TPSA) is 47.0 Å². The molecule has 0 unspecified atom stereocenters. The summed E-state index contributed by atoms with van der Waals surface area (Å²) < 4.78 is 5.72. The van der Waals surface area contributed by atoms with E-state index >= 15 is 0 Å². The molecule has 1 fully saturated rings. The summed E-state index contributed by atoms with van der Waals surface area (Å²) >= 11 is 7.96. The Morgan fingerprint density at radius 1 is 1.42 bits per heavy atom. The first kappa shape index (κ1) is 14.9. The number of thioether (sulfide) groups is 1. The lowest BCUT2D eigenvalue weighted by Gasteiger charge is -2.36. The minimum atomic E-state index is 0.248. The quantitative estimate of drug-likeness (QED) is 0.847. The fourth-order valence-corrected chi connectivity index (χ4v) is 3.76. The van der Waals surface area contributed by atoms with E-state index in [9.17, 15) is 0 Å². The number of aryl methyl sites for hydroxylation is 1. The predicted octanol–water partition coefficient (Wildman–Crippen LogP) is 3.15. The molecule has 4 nitrogen and oxygen atoms in total. The Morgan fingerprint density at radius 3 is 2.79 bits per heavy atom. The zero-order valence-corrected chi connectivity index (χ0v) is 13.0. The summed E-state index contributed by atoms with van der Waals surface area (Å²) in [7, 11) is 0. The van der Waals surface area contributed by atoms with E-state index in [1.54, 1.807) is 6.07 Å². The Labute approximate surface area is 123 Å². The molecule has 0 atom stereocenters. The average molecular weight is 302 g/mol. The van der Waals surface area contributed by atoms with Gasteiger partial charge in [-0.3, -0.25) is 0 Å². The van der Waals surface area contributed by atoms with Gasteiger partial charge in [-0.15, -0.1) is 0 Å². The van der Waals surface area contributed by atoms with Crippen LogP contribution in [0, 0.1) is 6.92 Å². The summed E-state index contributed by atoms with van der Waals surface area (Å²) in [5.74, 6) is 2.62. The summed E-state index contributed by atoms with van der Waals surface area (Å²) in [5, 5.41) is 3.90. The smallest absolute Gasteiger partial charge is 0.134 e. The first-order valence-electron chi connectivity index (χ1n) is 6.60. The summed E-state index contributed by atoms with van der Waals surface area (Å²) in [6.07, 6.45) is 2.16. The normalized spacial score (nSPS) is 18.3. The molecule has 0 aliphatic carbocycles. The van der Waals surface area contributed by atoms with Crippen molar-refractivity contribution in [2.45, 2.75) is 31.4 Å². The first-order valence-corrected chi connectivity index (χ1v) is 7.97. The lowest BCUT2D eigenvalue weighted by atomic mass is 9.99. The molecule has 0 radical (unpaired) electrons. The molecule has 0 amide bonds. The van der Waals surface area contributed by atoms with E-state index in [0.717, 1.165) is 44.2 Å². The van der Waals surface area contributed by atoms with Crippen molar-refractivity contribution in [3.05, 3.63) is 17.0 Å². The monoisotopic (exact) mass is 301 g/mol. The summed E-state index contributed by atoms with van der Waals surface area (Å²) in [5.41, 5.74) is 0. The van der Waals surface area contributed by atoms with Crippen LogP contribution in [-0.4, -0.2) is 40.2 Å². The fraction of sp³-hybridized carbons (Fsp3) is 0.692. The van der Waals surface area contributed by atoms with Crippen LogP contribution in [0.3, 0.4) is 0 Å². The van der Waals surface area contributed by atoms with Gasteiger partial charge in [-0.25, -0.2) is 9.97 Å². The third-order valence-corrected chi connectivity index (χ3v) is 4.90. The molecule has 106 valence electrons. The highest BCUT2D eigenvalue weighted by molar-refractivity contribution is 8.00. The number of aromatic nitrogens is 2. The second kappa shape index (κ2) is 6.77. The molecule has 1 aromatic heterocycles. The first-order chi connectivity index (χ1) is 9.13. The van der Waals surface area contributed by atoms with E-state index in [4.69, 9.17) is 16.3 Å². The van der Waals surface area contributed by atoms with Gasteiger partial charge in [0.25, 0.3) is 0 Å². The Morgan fingerprint density at radius 2 is 2.16 bits per heavy atom. The van der Waals surface area contributed by atoms with E-state index in [-0.39, 0.29) is 4.75 Å². The molecule has 0 saturated carbocycles. The van der Waals surface area contributed by atoms with Gasteiger partial charge in [0, 0.05) is 30.6 Å². The molecule has 1 N–H and O–H groups in total. The summed E-state index contributed by atoms with van der Waals surface area (Å²) in [4.78, 5) is 8.43. The van der Waals surface area contributed by atoms with Gasteiger partial charge in [-0.2, -0.15) is 11.8 Å². The largest absolute Gasteiger partial charge is 0.381 e. The molecule has 2 heterocycles. The van der Waals surface area contributed by atoms with Crippen LogP contribution in [0.1, 0.15) is 25.6 Å². The maximum absolute atomic E-state index is 5.95. The van der Waals surface area contributed by atoms with Gasteiger partial charge >= 0.3 is 0 Å². The minimum Gasteiger partial charge on any atom is -0.381 e. The standard InChI is InChI=1S/C13H20ClN3OS/c1-3-19-13(4-6-18-7-5-13)9-15-12-8-11(14)16-10(2)17-12/h8H,3-7,9H2,1-2H3,(H,15,16,17). The average Bonchev–Trinajstić information content (AvgIpc) is 2.37. The molecular weight excluding hydrogens is 282 g/mol. The van der Waals surface area contributed by atoms with Crippen molar-refractivity contribution in [3.8, 4) is 0 Å². The molecule has 1 aliphatic heterocycles. The van der Waals surface area contributed by atoms with Gasteiger partial charge in [0.05, 0.1) is 0 Å². The molecule has 0 aromatic carbocycles. The van der Waals surface area contributed by atoms with Crippen LogP contribution in [0.15, 0.2) is 6.07 Å². The van der Waals surface area contributed by atoms with Crippen LogP contribution < -0.4 is 5.32 Å². The van der Waals surface area contributed by atoms with Crippen molar-refractivity contribution >= 4 is 29.2 Å². The van der Waals surface area contributed by atoms with Crippen molar-refractivity contribution < 1.29 is 4.74 Å². The Kier molecular flexibility index (Phi) is 5.30. The minimum absolute atomic E-state index is 0.248. The summed E-state index contributed by atoms with van der Waals surface area (Å²) in [6, 6.07) is 1.78. The SMILES string of the molecule is CCSC1(CNc2cc(Cl)nc(C)n2)CCOCC1. The van der Waals surface area contributed by atoms with Crippen molar-refractivity contribution in [3.63, 3.8) is 0 Å². The number of halogens is 1. The van der Waals surface area contributed by atoms with Gasteiger partial charge < -0.3 is 10.1 Å². The number of anilines is 1. The van der Waals surface area contributed by atoms with Gasteiger partial charge in [-0.1, -0.05) is 18.5 Å². The third-order valence-electron chi connectivity index (χ3n) is 3.25. The second-order valence-corrected chi connectivity index (χ2v) is 6.82. The molecule has 0 bridgehead atoms. The molecule has 2 rings (SSSR count). The predicted molar refractivity (Wildman–Crippen MR) is 81.2 cm³/mol. The molecule has 1 aromatic rings. The molecule has 19 heavy (non-hydrogen) atoms. The molecule has 0 spiro atoms. The van der Waals surface area contributed by atoms with Crippen LogP contribution in [0.5, 0.6) is 0 Å².